The van der Waals surface area contributed by atoms with Gasteiger partial charge in [0.25, 0.3) is 0 Å². The van der Waals surface area contributed by atoms with Crippen molar-refractivity contribution >= 4 is 28.2 Å². The molecule has 2 N–H and O–H groups in total. The number of rotatable bonds is 4. The fourth-order valence-corrected chi connectivity index (χ4v) is 1.83. The van der Waals surface area contributed by atoms with Crippen LogP contribution in [0, 0.1) is 0 Å². The lowest BCUT2D eigenvalue weighted by molar-refractivity contribution is -0.119. The standard InChI is InChI=1S/C9H12N2O3S/c1-10-7(12)5-11(2)8-4-3-6(15-8)9(13)14/h3-4H,5H2,1-2H3,(H,10,12)(H,13,14). The molecule has 82 valence electrons. The van der Waals surface area contributed by atoms with E-state index in [1.165, 1.54) is 6.07 Å². The highest BCUT2D eigenvalue weighted by Crippen LogP contribution is 2.24. The Morgan fingerprint density at radius 3 is 2.67 bits per heavy atom. The van der Waals surface area contributed by atoms with Gasteiger partial charge in [-0.3, -0.25) is 4.79 Å². The van der Waals surface area contributed by atoms with Gasteiger partial charge in [0, 0.05) is 14.1 Å². The van der Waals surface area contributed by atoms with Crippen LogP contribution in [0.4, 0.5) is 5.00 Å². The molecule has 0 radical (unpaired) electrons. The molecule has 0 saturated heterocycles. The minimum Gasteiger partial charge on any atom is -0.477 e. The average Bonchev–Trinajstić information content (AvgIpc) is 2.66. The second-order valence-electron chi connectivity index (χ2n) is 2.97. The maximum absolute atomic E-state index is 11.1. The van der Waals surface area contributed by atoms with Crippen molar-refractivity contribution < 1.29 is 14.7 Å². The number of thiophene rings is 1. The molecule has 0 aromatic carbocycles. The fraction of sp³-hybridized carbons (Fsp3) is 0.333. The van der Waals surface area contributed by atoms with E-state index in [0.717, 1.165) is 16.3 Å². The Morgan fingerprint density at radius 2 is 2.20 bits per heavy atom. The van der Waals surface area contributed by atoms with Gasteiger partial charge in [-0.1, -0.05) is 0 Å². The minimum atomic E-state index is -0.945. The Bertz CT molecular complexity index is 375. The van der Waals surface area contributed by atoms with Gasteiger partial charge >= 0.3 is 5.97 Å². The Balaban J connectivity index is 2.69. The number of nitrogens with zero attached hydrogens (tertiary/aromatic N) is 1. The van der Waals surface area contributed by atoms with Crippen LogP contribution < -0.4 is 10.2 Å². The number of carboxylic acids is 1. The van der Waals surface area contributed by atoms with Crippen molar-refractivity contribution in [2.24, 2.45) is 0 Å². The molecule has 1 aromatic heterocycles. The van der Waals surface area contributed by atoms with E-state index in [2.05, 4.69) is 5.32 Å². The van der Waals surface area contributed by atoms with Crippen molar-refractivity contribution in [2.45, 2.75) is 0 Å². The number of anilines is 1. The molecule has 0 spiro atoms. The van der Waals surface area contributed by atoms with E-state index < -0.39 is 5.97 Å². The molecule has 5 nitrogen and oxygen atoms in total. The summed E-state index contributed by atoms with van der Waals surface area (Å²) in [6.07, 6.45) is 0. The SMILES string of the molecule is CNC(=O)CN(C)c1ccc(C(=O)O)s1. The normalized spacial score (nSPS) is 9.73. The van der Waals surface area contributed by atoms with Gasteiger partial charge in [0.1, 0.15) is 4.88 Å². The number of likely N-dealkylation sites (N-methyl/N-ethyl adjacent to an activating group) is 2. The van der Waals surface area contributed by atoms with Gasteiger partial charge in [0.2, 0.25) is 5.91 Å². The second kappa shape index (κ2) is 4.79. The predicted octanol–water partition coefficient (Wildman–Crippen LogP) is 0.628. The summed E-state index contributed by atoms with van der Waals surface area (Å²) in [6, 6.07) is 3.22. The number of amides is 1. The van der Waals surface area contributed by atoms with Crippen LogP contribution in [0.25, 0.3) is 0 Å². The third-order valence-corrected chi connectivity index (χ3v) is 3.03. The molecule has 0 fully saturated rings. The van der Waals surface area contributed by atoms with Gasteiger partial charge in [-0.25, -0.2) is 4.79 Å². The molecular weight excluding hydrogens is 216 g/mol. The maximum atomic E-state index is 11.1. The van der Waals surface area contributed by atoms with Crippen LogP contribution in [0.3, 0.4) is 0 Å². The quantitative estimate of drug-likeness (QED) is 0.793. The number of hydrogen-bond donors (Lipinski definition) is 2. The lowest BCUT2D eigenvalue weighted by atomic mass is 10.4. The van der Waals surface area contributed by atoms with Crippen LogP contribution in [0.5, 0.6) is 0 Å². The predicted molar refractivity (Wildman–Crippen MR) is 58.6 cm³/mol. The van der Waals surface area contributed by atoms with E-state index in [0.29, 0.717) is 0 Å². The largest absolute Gasteiger partial charge is 0.477 e. The lowest BCUT2D eigenvalue weighted by Gasteiger charge is -2.15. The molecule has 1 heterocycles. The highest BCUT2D eigenvalue weighted by molar-refractivity contribution is 7.17. The highest BCUT2D eigenvalue weighted by Gasteiger charge is 2.11. The van der Waals surface area contributed by atoms with Crippen molar-refractivity contribution in [2.75, 3.05) is 25.5 Å². The van der Waals surface area contributed by atoms with Crippen LogP contribution in [-0.4, -0.2) is 37.6 Å². The van der Waals surface area contributed by atoms with Gasteiger partial charge in [0.15, 0.2) is 0 Å². The molecule has 1 aromatic rings. The van der Waals surface area contributed by atoms with E-state index in [9.17, 15) is 9.59 Å². The molecule has 0 aliphatic carbocycles. The van der Waals surface area contributed by atoms with Gasteiger partial charge in [-0.05, 0) is 12.1 Å². The first-order chi connectivity index (χ1) is 7.04. The molecule has 0 saturated carbocycles. The topological polar surface area (TPSA) is 69.6 Å². The van der Waals surface area contributed by atoms with E-state index in [1.807, 2.05) is 0 Å². The van der Waals surface area contributed by atoms with Gasteiger partial charge in [-0.2, -0.15) is 0 Å². The van der Waals surface area contributed by atoms with Crippen LogP contribution in [-0.2, 0) is 4.79 Å². The van der Waals surface area contributed by atoms with Gasteiger partial charge in [-0.15, -0.1) is 11.3 Å². The number of carbonyl (C=O) groups is 2. The number of nitrogens with one attached hydrogen (secondary N) is 1. The van der Waals surface area contributed by atoms with Gasteiger partial charge < -0.3 is 15.3 Å². The number of carboxylic acid groups (broad SMARTS) is 1. The molecule has 0 aliphatic rings. The zero-order valence-corrected chi connectivity index (χ0v) is 9.30. The first-order valence-corrected chi connectivity index (χ1v) is 5.11. The summed E-state index contributed by atoms with van der Waals surface area (Å²) in [7, 11) is 3.31. The molecule has 0 unspecified atom stereocenters. The van der Waals surface area contributed by atoms with Crippen molar-refractivity contribution in [3.8, 4) is 0 Å². The van der Waals surface area contributed by atoms with Crippen LogP contribution in [0.2, 0.25) is 0 Å². The summed E-state index contributed by atoms with van der Waals surface area (Å²) in [6.45, 7) is 0.218. The molecule has 1 rings (SSSR count). The van der Waals surface area contributed by atoms with Crippen molar-refractivity contribution in [1.82, 2.24) is 5.32 Å². The number of aromatic carboxylic acids is 1. The molecule has 15 heavy (non-hydrogen) atoms. The summed E-state index contributed by atoms with van der Waals surface area (Å²) in [5.74, 6) is -1.05. The Morgan fingerprint density at radius 1 is 1.53 bits per heavy atom. The van der Waals surface area contributed by atoms with Crippen molar-refractivity contribution in [3.63, 3.8) is 0 Å². The summed E-state index contributed by atoms with van der Waals surface area (Å²) in [5, 5.41) is 12.0. The fourth-order valence-electron chi connectivity index (χ4n) is 1.02. The zero-order chi connectivity index (χ0) is 11.4. The van der Waals surface area contributed by atoms with Crippen molar-refractivity contribution in [1.29, 1.82) is 0 Å². The third-order valence-electron chi connectivity index (χ3n) is 1.84. The average molecular weight is 228 g/mol. The number of hydrogen-bond acceptors (Lipinski definition) is 4. The Hall–Kier alpha value is -1.56. The van der Waals surface area contributed by atoms with Crippen LogP contribution in [0.15, 0.2) is 12.1 Å². The monoisotopic (exact) mass is 228 g/mol. The van der Waals surface area contributed by atoms with Gasteiger partial charge in [0.05, 0.1) is 11.5 Å². The molecule has 6 heteroatoms. The van der Waals surface area contributed by atoms with Crippen LogP contribution in [0.1, 0.15) is 9.67 Å². The third kappa shape index (κ3) is 2.95. The smallest absolute Gasteiger partial charge is 0.345 e. The molecule has 0 bridgehead atoms. The summed E-state index contributed by atoms with van der Waals surface area (Å²) >= 11 is 1.15. The highest BCUT2D eigenvalue weighted by atomic mass is 32.1. The first-order valence-electron chi connectivity index (χ1n) is 4.29. The Labute approximate surface area is 91.3 Å². The second-order valence-corrected chi connectivity index (χ2v) is 4.03. The van der Waals surface area contributed by atoms with Crippen LogP contribution >= 0.6 is 11.3 Å². The molecule has 1 amide bonds. The molecule has 0 aliphatic heterocycles. The summed E-state index contributed by atoms with van der Waals surface area (Å²) < 4.78 is 0. The Kier molecular flexibility index (Phi) is 3.68. The van der Waals surface area contributed by atoms with E-state index in [1.54, 1.807) is 25.1 Å². The molecular formula is C9H12N2O3S. The number of carbonyl (C=O) groups excluding carboxylic acids is 1. The van der Waals surface area contributed by atoms with E-state index in [-0.39, 0.29) is 17.3 Å². The minimum absolute atomic E-state index is 0.109. The summed E-state index contributed by atoms with van der Waals surface area (Å²) in [4.78, 5) is 23.7. The lowest BCUT2D eigenvalue weighted by Crippen LogP contribution is -2.32. The molecule has 0 atom stereocenters. The van der Waals surface area contributed by atoms with E-state index >= 15 is 0 Å². The van der Waals surface area contributed by atoms with Crippen molar-refractivity contribution in [3.05, 3.63) is 17.0 Å². The summed E-state index contributed by atoms with van der Waals surface area (Å²) in [5.41, 5.74) is 0. The van der Waals surface area contributed by atoms with E-state index in [4.69, 9.17) is 5.11 Å². The zero-order valence-electron chi connectivity index (χ0n) is 8.48. The maximum Gasteiger partial charge on any atom is 0.345 e. The first kappa shape index (κ1) is 11.5.